The molecular formula is C48H49N3O. The van der Waals surface area contributed by atoms with Gasteiger partial charge in [-0.1, -0.05) is 141 Å². The molecule has 2 heterocycles. The minimum absolute atomic E-state index is 0.108. The molecule has 1 N–H and O–H groups in total. The van der Waals surface area contributed by atoms with E-state index in [0.29, 0.717) is 11.4 Å². The highest BCUT2D eigenvalue weighted by Gasteiger charge is 2.30. The predicted molar refractivity (Wildman–Crippen MR) is 218 cm³/mol. The van der Waals surface area contributed by atoms with Crippen molar-refractivity contribution in [1.82, 2.24) is 14.5 Å². The summed E-state index contributed by atoms with van der Waals surface area (Å²) in [4.78, 5) is 10.4. The van der Waals surface area contributed by atoms with Crippen molar-refractivity contribution in [2.45, 2.75) is 78.6 Å². The van der Waals surface area contributed by atoms with Gasteiger partial charge in [0, 0.05) is 17.3 Å². The molecule has 0 amide bonds. The van der Waals surface area contributed by atoms with Crippen molar-refractivity contribution in [1.29, 1.82) is 0 Å². The lowest BCUT2D eigenvalue weighted by molar-refractivity contribution is 0.477. The highest BCUT2D eigenvalue weighted by molar-refractivity contribution is 5.97. The molecule has 0 fully saturated rings. The highest BCUT2D eigenvalue weighted by Crippen LogP contribution is 2.44. The van der Waals surface area contributed by atoms with Crippen LogP contribution in [0.1, 0.15) is 79.0 Å². The average molecular weight is 684 g/mol. The summed E-state index contributed by atoms with van der Waals surface area (Å²) in [6.45, 7) is 20.4. The first-order valence-electron chi connectivity index (χ1n) is 18.2. The Morgan fingerprint density at radius 1 is 0.519 bits per heavy atom. The summed E-state index contributed by atoms with van der Waals surface area (Å²) in [7, 11) is 0. The summed E-state index contributed by atoms with van der Waals surface area (Å²) in [6, 6.07) is 42.2. The number of pyridine rings is 1. The molecule has 52 heavy (non-hydrogen) atoms. The van der Waals surface area contributed by atoms with Gasteiger partial charge in [0.1, 0.15) is 11.6 Å². The van der Waals surface area contributed by atoms with Crippen molar-refractivity contribution in [3.8, 4) is 56.3 Å². The Morgan fingerprint density at radius 3 is 1.79 bits per heavy atom. The van der Waals surface area contributed by atoms with E-state index in [0.717, 1.165) is 50.2 Å². The van der Waals surface area contributed by atoms with Gasteiger partial charge in [-0.25, -0.2) is 4.98 Å². The molecule has 0 aliphatic heterocycles. The molecule has 7 rings (SSSR count). The maximum Gasteiger partial charge on any atom is 0.149 e. The van der Waals surface area contributed by atoms with Gasteiger partial charge in [0.15, 0.2) is 0 Å². The van der Waals surface area contributed by atoms with Gasteiger partial charge < -0.3 is 5.11 Å². The minimum Gasteiger partial charge on any atom is -0.507 e. The number of phenols is 1. The minimum atomic E-state index is -0.155. The third-order valence-corrected chi connectivity index (χ3v) is 9.98. The first-order valence-corrected chi connectivity index (χ1v) is 18.2. The van der Waals surface area contributed by atoms with Crippen LogP contribution in [0.15, 0.2) is 128 Å². The fraction of sp³-hybridized carbons (Fsp3) is 0.250. The van der Waals surface area contributed by atoms with Gasteiger partial charge in [0.05, 0.1) is 28.0 Å². The summed E-state index contributed by atoms with van der Waals surface area (Å²) in [6.07, 6.45) is 1.90. The Bertz CT molecular complexity index is 2380. The van der Waals surface area contributed by atoms with Crippen LogP contribution in [-0.2, 0) is 16.2 Å². The van der Waals surface area contributed by atoms with Crippen molar-refractivity contribution < 1.29 is 5.11 Å². The lowest BCUT2D eigenvalue weighted by Gasteiger charge is -2.31. The molecule has 0 atom stereocenters. The number of rotatable bonds is 5. The van der Waals surface area contributed by atoms with Gasteiger partial charge in [-0.2, -0.15) is 0 Å². The van der Waals surface area contributed by atoms with Crippen LogP contribution >= 0.6 is 0 Å². The number of hydrogen-bond donors (Lipinski definition) is 1. The smallest absolute Gasteiger partial charge is 0.149 e. The van der Waals surface area contributed by atoms with Gasteiger partial charge >= 0.3 is 0 Å². The number of para-hydroxylation sites is 3. The molecule has 0 saturated carbocycles. The molecule has 4 nitrogen and oxygen atoms in total. The number of aromatic nitrogens is 3. The Balaban J connectivity index is 1.55. The molecule has 0 aliphatic carbocycles. The number of benzene rings is 5. The summed E-state index contributed by atoms with van der Waals surface area (Å²) in [5, 5.41) is 11.3. The van der Waals surface area contributed by atoms with E-state index in [4.69, 9.17) is 9.97 Å². The van der Waals surface area contributed by atoms with Crippen LogP contribution < -0.4 is 0 Å². The van der Waals surface area contributed by atoms with Crippen molar-refractivity contribution in [3.63, 3.8) is 0 Å². The van der Waals surface area contributed by atoms with Crippen molar-refractivity contribution >= 4 is 11.0 Å². The summed E-state index contributed by atoms with van der Waals surface area (Å²) in [5.74, 6) is 0.916. The lowest BCUT2D eigenvalue weighted by Crippen LogP contribution is -2.22. The van der Waals surface area contributed by atoms with E-state index >= 15 is 0 Å². The monoisotopic (exact) mass is 683 g/mol. The Kier molecular flexibility index (Phi) is 8.69. The van der Waals surface area contributed by atoms with Gasteiger partial charge in [-0.15, -0.1) is 0 Å². The maximum atomic E-state index is 11.3. The van der Waals surface area contributed by atoms with Crippen LogP contribution in [0, 0.1) is 0 Å². The predicted octanol–water partition coefficient (Wildman–Crippen LogP) is 12.7. The van der Waals surface area contributed by atoms with Crippen LogP contribution in [0.4, 0.5) is 0 Å². The normalized spacial score (nSPS) is 12.4. The fourth-order valence-electron chi connectivity index (χ4n) is 7.16. The molecule has 2 aromatic heterocycles. The van der Waals surface area contributed by atoms with Crippen LogP contribution in [0.2, 0.25) is 0 Å². The third-order valence-electron chi connectivity index (χ3n) is 9.98. The lowest BCUT2D eigenvalue weighted by atomic mass is 9.78. The van der Waals surface area contributed by atoms with Crippen LogP contribution in [0.5, 0.6) is 5.75 Å². The van der Waals surface area contributed by atoms with Gasteiger partial charge in [-0.05, 0) is 92.1 Å². The maximum absolute atomic E-state index is 11.3. The van der Waals surface area contributed by atoms with Crippen molar-refractivity contribution in [3.05, 3.63) is 144 Å². The summed E-state index contributed by atoms with van der Waals surface area (Å²) >= 11 is 0. The van der Waals surface area contributed by atoms with Gasteiger partial charge in [0.25, 0.3) is 0 Å². The largest absolute Gasteiger partial charge is 0.507 e. The van der Waals surface area contributed by atoms with Gasteiger partial charge in [-0.3, -0.25) is 9.55 Å². The fourth-order valence-corrected chi connectivity index (χ4v) is 7.16. The second-order valence-electron chi connectivity index (χ2n) is 17.0. The third kappa shape index (κ3) is 6.54. The summed E-state index contributed by atoms with van der Waals surface area (Å²) < 4.78 is 2.30. The number of nitrogens with zero attached hydrogens (tertiary/aromatic N) is 3. The standard InChI is InChI=1S/C48H49N3O/c1-46(2,3)35-28-33(27-34(29-35)40-30-32(25-26-49-40)31-17-11-10-12-18-31)36-20-15-23-41-43(36)50-45(37-19-13-14-24-42(37)52)51(41)44-38(47(4,5)6)21-16-22-39(44)48(7,8)9/h10-30,52H,1-9H3. The zero-order chi connectivity index (χ0) is 37.0. The van der Waals surface area contributed by atoms with Crippen LogP contribution in [-0.4, -0.2) is 19.6 Å². The molecule has 4 heteroatoms. The molecule has 0 bridgehead atoms. The van der Waals surface area contributed by atoms with E-state index in [2.05, 4.69) is 158 Å². The average Bonchev–Trinajstić information content (AvgIpc) is 3.50. The topological polar surface area (TPSA) is 50.9 Å². The Morgan fingerprint density at radius 2 is 1.13 bits per heavy atom. The number of aromatic hydroxyl groups is 1. The molecule has 0 saturated heterocycles. The van der Waals surface area contributed by atoms with E-state index < -0.39 is 0 Å². The van der Waals surface area contributed by atoms with Crippen LogP contribution in [0.3, 0.4) is 0 Å². The molecular weight excluding hydrogens is 635 g/mol. The SMILES string of the molecule is CC(C)(C)c1cc(-c2cc(-c3ccccc3)ccn2)cc(-c2cccc3c2nc(-c2ccccc2O)n3-c2c(C(C)(C)C)cccc2C(C)(C)C)c1. The molecule has 7 aromatic rings. The zero-order valence-electron chi connectivity index (χ0n) is 31.9. The quantitative estimate of drug-likeness (QED) is 0.196. The van der Waals surface area contributed by atoms with Gasteiger partial charge in [0.2, 0.25) is 0 Å². The molecule has 0 unspecified atom stereocenters. The van der Waals surface area contributed by atoms with Crippen molar-refractivity contribution in [2.24, 2.45) is 0 Å². The van der Waals surface area contributed by atoms with E-state index in [-0.39, 0.29) is 22.0 Å². The molecule has 262 valence electrons. The number of imidazole rings is 1. The second-order valence-corrected chi connectivity index (χ2v) is 17.0. The molecule has 0 spiro atoms. The van der Waals surface area contributed by atoms with E-state index in [1.54, 1.807) is 6.07 Å². The molecule has 0 radical (unpaired) electrons. The number of phenolic OH excluding ortho intramolecular Hbond substituents is 1. The Hall–Kier alpha value is -5.48. The second kappa shape index (κ2) is 12.9. The summed E-state index contributed by atoms with van der Waals surface area (Å²) in [5.41, 5.74) is 13.3. The van der Waals surface area contributed by atoms with E-state index in [1.165, 1.54) is 16.7 Å². The highest BCUT2D eigenvalue weighted by atomic mass is 16.3. The first-order chi connectivity index (χ1) is 24.6. The van der Waals surface area contributed by atoms with Crippen LogP contribution in [0.25, 0.3) is 61.6 Å². The number of fused-ring (bicyclic) bond motifs is 1. The molecule has 0 aliphatic rings. The number of hydrogen-bond acceptors (Lipinski definition) is 3. The van der Waals surface area contributed by atoms with E-state index in [9.17, 15) is 5.11 Å². The Labute approximate surface area is 308 Å². The molecule has 5 aromatic carbocycles. The van der Waals surface area contributed by atoms with Crippen molar-refractivity contribution in [2.75, 3.05) is 0 Å². The zero-order valence-corrected chi connectivity index (χ0v) is 31.9. The van der Waals surface area contributed by atoms with E-state index in [1.807, 2.05) is 30.5 Å². The first kappa shape index (κ1) is 34.9.